The van der Waals surface area contributed by atoms with E-state index in [4.69, 9.17) is 97.5 Å². The van der Waals surface area contributed by atoms with Crippen molar-refractivity contribution in [3.63, 3.8) is 0 Å². The van der Waals surface area contributed by atoms with E-state index in [0.717, 1.165) is 95.8 Å². The first-order valence-electron chi connectivity index (χ1n) is 22.3. The SMILES string of the molecule is COC1(C2(C=O)c3cc(Cl)ccc3-c3ccc(Cl)cc32)c2cc(Cl)ccc2-c2ccc(Cl)cc21.Clc1ccc2c(c1)Cc1cc(Cl)ccc1-2.O=CC1c2cc(Cl)ccc2-c2ccc(Cl)cc21.S=S=S=S=S=S=S=S=S=S=S. The minimum atomic E-state index is -1.31. The van der Waals surface area contributed by atoms with Crippen LogP contribution < -0.4 is 0 Å². The van der Waals surface area contributed by atoms with Crippen LogP contribution in [0.3, 0.4) is 0 Å². The molecule has 3 nitrogen and oxygen atoms in total. The van der Waals surface area contributed by atoms with Gasteiger partial charge in [-0.05, 0) is 192 Å². The lowest BCUT2D eigenvalue weighted by Gasteiger charge is -2.45. The topological polar surface area (TPSA) is 43.4 Å². The summed E-state index contributed by atoms with van der Waals surface area (Å²) in [5.74, 6) is -0.252. The van der Waals surface area contributed by atoms with Gasteiger partial charge in [0.2, 0.25) is 0 Å². The van der Waals surface area contributed by atoms with Gasteiger partial charge in [-0.2, -0.15) is 0 Å². The summed E-state index contributed by atoms with van der Waals surface area (Å²) in [6.07, 6.45) is 2.83. The number of aldehydes is 2. The number of benzene rings is 8. The van der Waals surface area contributed by atoms with Gasteiger partial charge >= 0.3 is 0 Å². The molecule has 12 rings (SSSR count). The summed E-state index contributed by atoms with van der Waals surface area (Å²) in [7, 11) is 16.1. The van der Waals surface area contributed by atoms with E-state index in [-0.39, 0.29) is 5.92 Å². The van der Waals surface area contributed by atoms with Gasteiger partial charge in [-0.25, -0.2) is 0 Å². The van der Waals surface area contributed by atoms with E-state index in [1.54, 1.807) is 69.3 Å². The van der Waals surface area contributed by atoms with Crippen LogP contribution in [0.5, 0.6) is 0 Å². The third-order valence-corrected chi connectivity index (χ3v) is 33.0. The van der Waals surface area contributed by atoms with Crippen LogP contribution in [0.1, 0.15) is 50.4 Å². The van der Waals surface area contributed by atoms with E-state index in [1.165, 1.54) is 40.0 Å². The fourth-order valence-corrected chi connectivity index (χ4v) is 31.2. The molecule has 0 N–H and O–H groups in total. The van der Waals surface area contributed by atoms with Crippen LogP contribution >= 0.6 is 92.8 Å². The molecule has 0 fully saturated rings. The Morgan fingerprint density at radius 1 is 0.416 bits per heavy atom. The van der Waals surface area contributed by atoms with Crippen molar-refractivity contribution in [3.05, 3.63) is 230 Å². The molecule has 0 aromatic heterocycles. The van der Waals surface area contributed by atoms with E-state index < -0.39 is 11.0 Å². The normalized spacial score (nSPS) is 13.4. The number of hydrogen-bond acceptors (Lipinski definition) is 5. The summed E-state index contributed by atoms with van der Waals surface area (Å²) < 4.78 is 6.50. The molecular formula is C55H32Cl8O3S11. The van der Waals surface area contributed by atoms with Crippen molar-refractivity contribution in [2.24, 2.45) is 0 Å². The predicted octanol–water partition coefficient (Wildman–Crippen LogP) is 17.2. The molecule has 0 amide bonds. The minimum absolute atomic E-state index is 0.252. The molecular weight excluding hydrogens is 1340 g/mol. The second-order valence-corrected chi connectivity index (χ2v) is 36.5. The number of fused-ring (bicyclic) bond motifs is 12. The van der Waals surface area contributed by atoms with E-state index in [2.05, 4.69) is 34.5 Å². The van der Waals surface area contributed by atoms with E-state index >= 15 is 0 Å². The van der Waals surface area contributed by atoms with E-state index in [9.17, 15) is 9.59 Å². The lowest BCUT2D eigenvalue weighted by molar-refractivity contribution is -0.121. The van der Waals surface area contributed by atoms with Crippen molar-refractivity contribution in [2.45, 2.75) is 23.4 Å². The maximum atomic E-state index is 13.6. The van der Waals surface area contributed by atoms with Gasteiger partial charge in [-0.3, -0.25) is 0 Å². The zero-order chi connectivity index (χ0) is 54.6. The minimum Gasteiger partial charge on any atom is -0.367 e. The van der Waals surface area contributed by atoms with E-state index in [0.29, 0.717) is 30.1 Å². The molecule has 0 radical (unpaired) electrons. The van der Waals surface area contributed by atoms with E-state index in [1.807, 2.05) is 133 Å². The van der Waals surface area contributed by atoms with Crippen molar-refractivity contribution in [2.75, 3.05) is 7.11 Å². The number of hydrogen-bond donors (Lipinski definition) is 0. The van der Waals surface area contributed by atoms with Crippen LogP contribution in [0.2, 0.25) is 40.2 Å². The van der Waals surface area contributed by atoms with Crippen LogP contribution in [-0.4, -0.2) is 19.7 Å². The van der Waals surface area contributed by atoms with Crippen molar-refractivity contribution in [1.29, 1.82) is 0 Å². The van der Waals surface area contributed by atoms with Gasteiger partial charge in [0.1, 0.15) is 23.6 Å². The lowest BCUT2D eigenvalue weighted by Crippen LogP contribution is -2.51. The van der Waals surface area contributed by atoms with Crippen LogP contribution in [0.25, 0.3) is 44.5 Å². The first kappa shape index (κ1) is 59.4. The Labute approximate surface area is 520 Å². The van der Waals surface area contributed by atoms with Gasteiger partial charge in [0.25, 0.3) is 0 Å². The number of ether oxygens (including phenoxy) is 1. The van der Waals surface area contributed by atoms with Gasteiger partial charge in [-0.1, -0.05) is 141 Å². The Hall–Kier alpha value is -2.20. The summed E-state index contributed by atoms with van der Waals surface area (Å²) >= 11 is 59.3. The largest absolute Gasteiger partial charge is 0.367 e. The summed E-state index contributed by atoms with van der Waals surface area (Å²) in [5.41, 5.74) is 13.3. The van der Waals surface area contributed by atoms with Crippen LogP contribution in [0.4, 0.5) is 0 Å². The molecule has 0 bridgehead atoms. The number of halogens is 8. The average molecular weight is 1380 g/mol. The molecule has 8 aromatic rings. The molecule has 4 aliphatic rings. The van der Waals surface area contributed by atoms with Crippen LogP contribution in [0, 0.1) is 0 Å². The maximum Gasteiger partial charge on any atom is 0.139 e. The second-order valence-electron chi connectivity index (χ2n) is 17.0. The zero-order valence-corrected chi connectivity index (χ0v) is 54.1. The number of carbonyl (C=O) groups excluding carboxylic acids is 2. The van der Waals surface area contributed by atoms with Crippen molar-refractivity contribution < 1.29 is 14.3 Å². The molecule has 0 saturated heterocycles. The summed E-state index contributed by atoms with van der Waals surface area (Å²) in [6, 6.07) is 45.9. The van der Waals surface area contributed by atoms with Gasteiger partial charge in [0, 0.05) is 150 Å². The van der Waals surface area contributed by atoms with Crippen molar-refractivity contribution >= 4 is 208 Å². The molecule has 77 heavy (non-hydrogen) atoms. The standard InChI is InChI=1S/C28H16Cl4O2.C14H8Cl2O.C13H8Cl2.S11/c1-34-28(25-12-17(31)4-8-21(25)22-9-5-18(32)13-26(22)28)27(14-33)23-10-15(29)2-6-19(23)20-7-3-16(30)11-24(20)27;15-8-1-3-10-11-4-2-9(16)6-13(11)14(7-17)12(10)5-8;14-10-1-3-12-8(6-10)5-9-7-11(15)2-4-13(9)12;1-3-5-7-9-11-10-8-6-4-2/h2-14H,1H3;1-7,14H;1-4,6-7H,5H2;. The molecule has 22 heteroatoms. The Bertz CT molecular complexity index is 3930. The molecule has 0 unspecified atom stereocenters. The fourth-order valence-electron chi connectivity index (χ4n) is 10.5. The highest BCUT2D eigenvalue weighted by molar-refractivity contribution is 8.74. The predicted molar refractivity (Wildman–Crippen MR) is 354 cm³/mol. The van der Waals surface area contributed by atoms with Crippen molar-refractivity contribution in [1.82, 2.24) is 0 Å². The first-order valence-corrected chi connectivity index (χ1v) is 38.7. The highest BCUT2D eigenvalue weighted by atomic mass is 35.5. The molecule has 8 aromatic carbocycles. The Kier molecular flexibility index (Phi) is 20.3. The third-order valence-electron chi connectivity index (χ3n) is 13.3. The highest BCUT2D eigenvalue weighted by Gasteiger charge is 2.64. The maximum absolute atomic E-state index is 13.6. The summed E-state index contributed by atoms with van der Waals surface area (Å²) in [5, 5.41) is 5.01. The quantitative estimate of drug-likeness (QED) is 0.164. The lowest BCUT2D eigenvalue weighted by atomic mass is 9.62. The van der Waals surface area contributed by atoms with Crippen LogP contribution in [-0.2, 0) is 134 Å². The fraction of sp³-hybridized carbons (Fsp3) is 0.0909. The first-order chi connectivity index (χ1) is 37.2. The molecule has 0 aliphatic heterocycles. The van der Waals surface area contributed by atoms with Gasteiger partial charge < -0.3 is 14.3 Å². The molecule has 0 heterocycles. The summed E-state index contributed by atoms with van der Waals surface area (Å²) in [4.78, 5) is 24.9. The van der Waals surface area contributed by atoms with Gasteiger partial charge in [0.05, 0.1) is 5.92 Å². The van der Waals surface area contributed by atoms with Gasteiger partial charge in [0.15, 0.2) is 0 Å². The second kappa shape index (κ2) is 26.4. The highest BCUT2D eigenvalue weighted by Crippen LogP contribution is 2.65. The number of methoxy groups -OCH3 is 1. The number of carbonyl (C=O) groups is 2. The Morgan fingerprint density at radius 3 is 1.05 bits per heavy atom. The molecule has 4 aliphatic carbocycles. The molecule has 392 valence electrons. The number of rotatable bonds is 4. The smallest absolute Gasteiger partial charge is 0.139 e. The Morgan fingerprint density at radius 2 is 0.714 bits per heavy atom. The zero-order valence-electron chi connectivity index (χ0n) is 39.0. The Balaban J connectivity index is 0.000000140. The third kappa shape index (κ3) is 11.9. The molecule has 0 spiro atoms. The average Bonchev–Trinajstić information content (AvgIpc) is 4.15. The molecule has 0 atom stereocenters. The molecule has 0 saturated carbocycles. The van der Waals surface area contributed by atoms with Crippen LogP contribution in [0.15, 0.2) is 146 Å². The monoisotopic (exact) mass is 1370 g/mol. The summed E-state index contributed by atoms with van der Waals surface area (Å²) in [6.45, 7) is 0. The van der Waals surface area contributed by atoms with Crippen molar-refractivity contribution in [3.8, 4) is 44.5 Å². The van der Waals surface area contributed by atoms with Gasteiger partial charge in [-0.15, -0.1) is 0 Å².